The Balaban J connectivity index is 1.77. The highest BCUT2D eigenvalue weighted by Gasteiger charge is 2.31. The molecule has 0 N–H and O–H groups in total. The minimum absolute atomic E-state index is 0.118. The molecule has 0 amide bonds. The molecule has 0 fully saturated rings. The molecule has 3 aromatic rings. The van der Waals surface area contributed by atoms with Gasteiger partial charge in [0.2, 0.25) is 0 Å². The number of alkyl halides is 3. The number of fused-ring (bicyclic) bond motifs is 1. The third-order valence-corrected chi connectivity index (χ3v) is 4.50. The maximum Gasteiger partial charge on any atom is 0.416 e. The molecule has 0 saturated carbocycles. The number of carbonyl (C=O) groups is 1. The monoisotopic (exact) mass is 438 g/mol. The smallest absolute Gasteiger partial charge is 0.416 e. The number of carbonyl (C=O) groups excluding carboxylic acids is 1. The Morgan fingerprint density at radius 1 is 1.00 bits per heavy atom. The van der Waals surface area contributed by atoms with E-state index < -0.39 is 23.8 Å². The second-order valence-electron chi connectivity index (χ2n) is 6.43. The summed E-state index contributed by atoms with van der Waals surface area (Å²) in [5.74, 6) is 0.585. The zero-order chi connectivity index (χ0) is 21.9. The summed E-state index contributed by atoms with van der Waals surface area (Å²) in [4.78, 5) is 11.7. The lowest BCUT2D eigenvalue weighted by Crippen LogP contribution is -2.26. The van der Waals surface area contributed by atoms with Crippen LogP contribution in [0.3, 0.4) is 0 Å². The average Bonchev–Trinajstić information content (AvgIpc) is 2.69. The number of hydrogen-bond donors (Lipinski definition) is 0. The molecule has 1 unspecified atom stereocenters. The quantitative estimate of drug-likeness (QED) is 0.405. The summed E-state index contributed by atoms with van der Waals surface area (Å²) < 4.78 is 54.4. The van der Waals surface area contributed by atoms with Gasteiger partial charge in [0.05, 0.1) is 17.2 Å². The van der Waals surface area contributed by atoms with Crippen LogP contribution in [0.2, 0.25) is 5.02 Å². The number of halogens is 4. The van der Waals surface area contributed by atoms with Crippen molar-refractivity contribution in [1.82, 2.24) is 0 Å². The largest absolute Gasteiger partial charge is 0.479 e. The SMILES string of the molecule is CCOC(=O)C(C)Oc1ccc2cc(Oc3ccc(C(F)(F)F)cc3Cl)ccc2c1. The van der Waals surface area contributed by atoms with Crippen molar-refractivity contribution in [3.8, 4) is 17.2 Å². The van der Waals surface area contributed by atoms with Crippen LogP contribution in [0.15, 0.2) is 54.6 Å². The number of benzene rings is 3. The van der Waals surface area contributed by atoms with Crippen LogP contribution < -0.4 is 9.47 Å². The molecule has 1 atom stereocenters. The number of rotatable bonds is 6. The second kappa shape index (κ2) is 8.83. The minimum Gasteiger partial charge on any atom is -0.479 e. The first-order valence-corrected chi connectivity index (χ1v) is 9.47. The van der Waals surface area contributed by atoms with E-state index in [0.29, 0.717) is 11.5 Å². The van der Waals surface area contributed by atoms with Crippen molar-refractivity contribution >= 4 is 28.3 Å². The van der Waals surface area contributed by atoms with Gasteiger partial charge >= 0.3 is 12.1 Å². The number of hydrogen-bond acceptors (Lipinski definition) is 4. The Morgan fingerprint density at radius 2 is 1.63 bits per heavy atom. The van der Waals surface area contributed by atoms with Crippen molar-refractivity contribution < 1.29 is 32.2 Å². The highest BCUT2D eigenvalue weighted by Crippen LogP contribution is 2.37. The summed E-state index contributed by atoms with van der Waals surface area (Å²) in [5.41, 5.74) is -0.845. The van der Waals surface area contributed by atoms with E-state index in [0.717, 1.165) is 22.9 Å². The Bertz CT molecular complexity index is 1070. The van der Waals surface area contributed by atoms with E-state index in [4.69, 9.17) is 25.8 Å². The Kier molecular flexibility index (Phi) is 6.41. The van der Waals surface area contributed by atoms with Crippen molar-refractivity contribution in [2.45, 2.75) is 26.1 Å². The molecule has 0 heterocycles. The Labute approximate surface area is 176 Å². The van der Waals surface area contributed by atoms with Crippen molar-refractivity contribution in [2.75, 3.05) is 6.61 Å². The van der Waals surface area contributed by atoms with E-state index in [9.17, 15) is 18.0 Å². The van der Waals surface area contributed by atoms with Crippen LogP contribution in [0.1, 0.15) is 19.4 Å². The van der Waals surface area contributed by atoms with Gasteiger partial charge in [0.25, 0.3) is 0 Å². The van der Waals surface area contributed by atoms with E-state index in [2.05, 4.69) is 0 Å². The fourth-order valence-corrected chi connectivity index (χ4v) is 2.96. The van der Waals surface area contributed by atoms with Gasteiger partial charge in [0.1, 0.15) is 17.2 Å². The van der Waals surface area contributed by atoms with Crippen molar-refractivity contribution in [1.29, 1.82) is 0 Å². The van der Waals surface area contributed by atoms with Gasteiger partial charge in [-0.1, -0.05) is 23.7 Å². The summed E-state index contributed by atoms with van der Waals surface area (Å²) >= 11 is 5.94. The number of esters is 1. The van der Waals surface area contributed by atoms with Crippen LogP contribution in [-0.2, 0) is 15.7 Å². The molecule has 3 aromatic carbocycles. The van der Waals surface area contributed by atoms with E-state index in [-0.39, 0.29) is 17.4 Å². The van der Waals surface area contributed by atoms with Gasteiger partial charge in [0, 0.05) is 0 Å². The minimum atomic E-state index is -4.48. The van der Waals surface area contributed by atoms with E-state index in [1.807, 2.05) is 0 Å². The first kappa shape index (κ1) is 21.8. The number of ether oxygens (including phenoxy) is 3. The second-order valence-corrected chi connectivity index (χ2v) is 6.84. The van der Waals surface area contributed by atoms with Crippen molar-refractivity contribution in [3.63, 3.8) is 0 Å². The van der Waals surface area contributed by atoms with E-state index >= 15 is 0 Å². The third-order valence-electron chi connectivity index (χ3n) is 4.20. The molecule has 0 radical (unpaired) electrons. The highest BCUT2D eigenvalue weighted by molar-refractivity contribution is 6.32. The zero-order valence-corrected chi connectivity index (χ0v) is 16.9. The fraction of sp³-hybridized carbons (Fsp3) is 0.227. The lowest BCUT2D eigenvalue weighted by atomic mass is 10.1. The molecule has 0 aliphatic heterocycles. The average molecular weight is 439 g/mol. The predicted molar refractivity (Wildman–Crippen MR) is 107 cm³/mol. The lowest BCUT2D eigenvalue weighted by molar-refractivity contribution is -0.150. The van der Waals surface area contributed by atoms with Crippen LogP contribution in [0.25, 0.3) is 10.8 Å². The highest BCUT2D eigenvalue weighted by atomic mass is 35.5. The van der Waals surface area contributed by atoms with Crippen molar-refractivity contribution in [3.05, 3.63) is 65.2 Å². The van der Waals surface area contributed by atoms with E-state index in [1.54, 1.807) is 50.2 Å². The molecule has 3 rings (SSSR count). The van der Waals surface area contributed by atoms with Crippen molar-refractivity contribution in [2.24, 2.45) is 0 Å². The Morgan fingerprint density at radius 3 is 2.23 bits per heavy atom. The molecule has 4 nitrogen and oxygen atoms in total. The van der Waals surface area contributed by atoms with Crippen LogP contribution in [0.4, 0.5) is 13.2 Å². The molecule has 0 spiro atoms. The summed E-state index contributed by atoms with van der Waals surface area (Å²) in [6, 6.07) is 13.3. The molecule has 0 aliphatic carbocycles. The van der Waals surface area contributed by atoms with Gasteiger partial charge in [-0.25, -0.2) is 4.79 Å². The molecule has 0 bridgehead atoms. The first-order valence-electron chi connectivity index (χ1n) is 9.09. The van der Waals surface area contributed by atoms with Crippen LogP contribution in [-0.4, -0.2) is 18.7 Å². The topological polar surface area (TPSA) is 44.8 Å². The van der Waals surface area contributed by atoms with Gasteiger partial charge in [-0.15, -0.1) is 0 Å². The predicted octanol–water partition coefficient (Wildman–Crippen LogP) is 6.63. The lowest BCUT2D eigenvalue weighted by Gasteiger charge is -2.14. The molecule has 0 aromatic heterocycles. The maximum atomic E-state index is 12.8. The molecule has 0 aliphatic rings. The van der Waals surface area contributed by atoms with Gasteiger partial charge in [-0.3, -0.25) is 0 Å². The summed E-state index contributed by atoms with van der Waals surface area (Å²) in [5, 5.41) is 1.50. The summed E-state index contributed by atoms with van der Waals surface area (Å²) in [6.07, 6.45) is -5.22. The summed E-state index contributed by atoms with van der Waals surface area (Å²) in [6.45, 7) is 3.60. The van der Waals surface area contributed by atoms with Gasteiger partial charge in [0.15, 0.2) is 6.10 Å². The molecule has 8 heteroatoms. The standard InChI is InChI=1S/C22H18ClF3O4/c1-3-28-21(27)13(2)29-17-7-4-15-11-18(8-5-14(15)10-17)30-20-9-6-16(12-19(20)23)22(24,25)26/h4-13H,3H2,1-2H3. The van der Waals surface area contributed by atoms with Crippen LogP contribution >= 0.6 is 11.6 Å². The zero-order valence-electron chi connectivity index (χ0n) is 16.1. The Hall–Kier alpha value is -2.93. The molecule has 158 valence electrons. The normalized spacial score (nSPS) is 12.5. The third kappa shape index (κ3) is 5.16. The van der Waals surface area contributed by atoms with Gasteiger partial charge in [-0.05, 0) is 67.1 Å². The molecule has 0 saturated heterocycles. The van der Waals surface area contributed by atoms with Crippen LogP contribution in [0, 0.1) is 0 Å². The van der Waals surface area contributed by atoms with Gasteiger partial charge < -0.3 is 14.2 Å². The van der Waals surface area contributed by atoms with E-state index in [1.165, 1.54) is 6.07 Å². The maximum absolute atomic E-state index is 12.8. The summed E-state index contributed by atoms with van der Waals surface area (Å²) in [7, 11) is 0. The molecular weight excluding hydrogens is 421 g/mol. The first-order chi connectivity index (χ1) is 14.2. The fourth-order valence-electron chi connectivity index (χ4n) is 2.74. The molecule has 30 heavy (non-hydrogen) atoms. The molecular formula is C22H18ClF3O4. The van der Waals surface area contributed by atoms with Crippen LogP contribution in [0.5, 0.6) is 17.2 Å². The van der Waals surface area contributed by atoms with Gasteiger partial charge in [-0.2, -0.15) is 13.2 Å².